The monoisotopic (exact) mass is 457 g/mol. The number of aromatic nitrogens is 3. The number of hydrogen-bond donors (Lipinski definition) is 1. The highest BCUT2D eigenvalue weighted by Crippen LogP contribution is 2.20. The van der Waals surface area contributed by atoms with E-state index in [1.54, 1.807) is 36.4 Å². The number of rotatable bonds is 5. The van der Waals surface area contributed by atoms with Crippen molar-refractivity contribution < 1.29 is 18.3 Å². The summed E-state index contributed by atoms with van der Waals surface area (Å²) < 4.78 is 25.0. The minimum atomic E-state index is -0.676. The van der Waals surface area contributed by atoms with Crippen molar-refractivity contribution in [3.8, 4) is 17.1 Å². The Hall–Kier alpha value is -4.79. The summed E-state index contributed by atoms with van der Waals surface area (Å²) in [7, 11) is 0. The highest BCUT2D eigenvalue weighted by molar-refractivity contribution is 5.94. The number of ether oxygens (including phenoxy) is 1. The molecule has 1 N–H and O–H groups in total. The SMILES string of the molecule is O=C(OCc1coc(-c2cccc(F)c2)n1)c1ccc2c(=O)n(-c3ccccc3)c(=O)[nH]c2c1. The third-order valence-corrected chi connectivity index (χ3v) is 5.12. The summed E-state index contributed by atoms with van der Waals surface area (Å²) in [6.45, 7) is -0.179. The fourth-order valence-electron chi connectivity index (χ4n) is 3.51. The van der Waals surface area contributed by atoms with Gasteiger partial charge in [-0.05, 0) is 48.5 Å². The van der Waals surface area contributed by atoms with E-state index in [9.17, 15) is 18.8 Å². The van der Waals surface area contributed by atoms with Crippen LogP contribution >= 0.6 is 0 Å². The number of hydrogen-bond acceptors (Lipinski definition) is 6. The van der Waals surface area contributed by atoms with Gasteiger partial charge in [-0.3, -0.25) is 4.79 Å². The maximum absolute atomic E-state index is 13.4. The molecule has 0 radical (unpaired) electrons. The zero-order chi connectivity index (χ0) is 23.7. The van der Waals surface area contributed by atoms with Gasteiger partial charge >= 0.3 is 11.7 Å². The fourth-order valence-corrected chi connectivity index (χ4v) is 3.51. The number of para-hydroxylation sites is 1. The maximum Gasteiger partial charge on any atom is 0.338 e. The molecule has 0 amide bonds. The summed E-state index contributed by atoms with van der Waals surface area (Å²) in [4.78, 5) is 44.8. The minimum absolute atomic E-state index is 0.147. The first-order chi connectivity index (χ1) is 16.5. The van der Waals surface area contributed by atoms with Crippen LogP contribution in [0.4, 0.5) is 4.39 Å². The third kappa shape index (κ3) is 4.02. The van der Waals surface area contributed by atoms with Gasteiger partial charge in [-0.2, -0.15) is 0 Å². The molecule has 8 nitrogen and oxygen atoms in total. The van der Waals surface area contributed by atoms with E-state index in [4.69, 9.17) is 9.15 Å². The molecule has 0 unspecified atom stereocenters. The molecule has 0 bridgehead atoms. The molecular weight excluding hydrogens is 441 g/mol. The van der Waals surface area contributed by atoms with Crippen LogP contribution in [0.15, 0.2) is 93.1 Å². The molecule has 0 saturated heterocycles. The molecule has 0 aliphatic carbocycles. The first-order valence-corrected chi connectivity index (χ1v) is 10.2. The van der Waals surface area contributed by atoms with E-state index in [2.05, 4.69) is 9.97 Å². The predicted octanol–water partition coefficient (Wildman–Crippen LogP) is 3.83. The fraction of sp³-hybridized carbons (Fsp3) is 0.0400. The number of benzene rings is 3. The Balaban J connectivity index is 1.36. The number of fused-ring (bicyclic) bond motifs is 1. The second-order valence-electron chi connectivity index (χ2n) is 7.40. The van der Waals surface area contributed by atoms with Crippen LogP contribution in [0.25, 0.3) is 28.0 Å². The van der Waals surface area contributed by atoms with Crippen LogP contribution in [0.3, 0.4) is 0 Å². The van der Waals surface area contributed by atoms with Crippen LogP contribution in [-0.2, 0) is 11.3 Å². The van der Waals surface area contributed by atoms with Gasteiger partial charge < -0.3 is 14.1 Å². The number of aromatic amines is 1. The lowest BCUT2D eigenvalue weighted by atomic mass is 10.1. The lowest BCUT2D eigenvalue weighted by Crippen LogP contribution is -2.33. The van der Waals surface area contributed by atoms with Crippen molar-refractivity contribution >= 4 is 16.9 Å². The molecule has 0 fully saturated rings. The summed E-state index contributed by atoms with van der Waals surface area (Å²) in [5.41, 5.74) is 0.466. The van der Waals surface area contributed by atoms with E-state index in [-0.39, 0.29) is 29.0 Å². The van der Waals surface area contributed by atoms with Gasteiger partial charge in [0.1, 0.15) is 24.4 Å². The Kier molecular flexibility index (Phi) is 5.35. The number of H-pyrrole nitrogens is 1. The van der Waals surface area contributed by atoms with Crippen molar-refractivity contribution in [1.82, 2.24) is 14.5 Å². The van der Waals surface area contributed by atoms with E-state index in [0.717, 1.165) is 4.57 Å². The number of carbonyl (C=O) groups is 1. The van der Waals surface area contributed by atoms with Crippen LogP contribution in [0, 0.1) is 5.82 Å². The molecule has 0 atom stereocenters. The number of nitrogens with zero attached hydrogens (tertiary/aromatic N) is 2. The Morgan fingerprint density at radius 3 is 2.65 bits per heavy atom. The number of carbonyl (C=O) groups excluding carboxylic acids is 1. The van der Waals surface area contributed by atoms with Crippen molar-refractivity contribution in [2.45, 2.75) is 6.61 Å². The molecule has 5 aromatic rings. The van der Waals surface area contributed by atoms with Gasteiger partial charge in [-0.1, -0.05) is 24.3 Å². The summed E-state index contributed by atoms with van der Waals surface area (Å²) in [6.07, 6.45) is 1.32. The number of nitrogens with one attached hydrogen (secondary N) is 1. The van der Waals surface area contributed by atoms with E-state index in [1.165, 1.54) is 42.7 Å². The Labute approximate surface area is 190 Å². The molecule has 0 aliphatic heterocycles. The molecule has 0 saturated carbocycles. The van der Waals surface area contributed by atoms with Crippen LogP contribution in [0.1, 0.15) is 16.1 Å². The maximum atomic E-state index is 13.4. The predicted molar refractivity (Wildman–Crippen MR) is 121 cm³/mol. The van der Waals surface area contributed by atoms with Crippen molar-refractivity contribution in [2.24, 2.45) is 0 Å². The van der Waals surface area contributed by atoms with Crippen molar-refractivity contribution in [1.29, 1.82) is 0 Å². The summed E-state index contributed by atoms with van der Waals surface area (Å²) in [5.74, 6) is -0.901. The molecule has 2 heterocycles. The molecule has 168 valence electrons. The van der Waals surface area contributed by atoms with Crippen LogP contribution in [0.2, 0.25) is 0 Å². The molecule has 0 aliphatic rings. The smallest absolute Gasteiger partial charge is 0.338 e. The van der Waals surface area contributed by atoms with Gasteiger partial charge in [0.05, 0.1) is 22.2 Å². The lowest BCUT2D eigenvalue weighted by Gasteiger charge is -2.08. The van der Waals surface area contributed by atoms with E-state index >= 15 is 0 Å². The molecule has 0 spiro atoms. The van der Waals surface area contributed by atoms with E-state index in [0.29, 0.717) is 16.9 Å². The minimum Gasteiger partial charge on any atom is -0.455 e. The first-order valence-electron chi connectivity index (χ1n) is 10.2. The number of oxazole rings is 1. The molecule has 2 aromatic heterocycles. The first kappa shape index (κ1) is 21.1. The normalized spacial score (nSPS) is 11.0. The Morgan fingerprint density at radius 1 is 1.03 bits per heavy atom. The lowest BCUT2D eigenvalue weighted by molar-refractivity contribution is 0.0468. The quantitative estimate of drug-likeness (QED) is 0.402. The number of esters is 1. The highest BCUT2D eigenvalue weighted by Gasteiger charge is 2.15. The summed E-state index contributed by atoms with van der Waals surface area (Å²) in [6, 6.07) is 18.6. The third-order valence-electron chi connectivity index (χ3n) is 5.12. The largest absolute Gasteiger partial charge is 0.455 e. The van der Waals surface area contributed by atoms with Crippen LogP contribution in [0.5, 0.6) is 0 Å². The number of halogens is 1. The van der Waals surface area contributed by atoms with Gasteiger partial charge in [-0.25, -0.2) is 23.5 Å². The average Bonchev–Trinajstić information content (AvgIpc) is 3.32. The zero-order valence-electron chi connectivity index (χ0n) is 17.5. The summed E-state index contributed by atoms with van der Waals surface area (Å²) in [5, 5.41) is 0.247. The molecule has 34 heavy (non-hydrogen) atoms. The van der Waals surface area contributed by atoms with Gasteiger partial charge in [0.15, 0.2) is 0 Å². The molecule has 9 heteroatoms. The second-order valence-corrected chi connectivity index (χ2v) is 7.40. The highest BCUT2D eigenvalue weighted by atomic mass is 19.1. The molecular formula is C25H16FN3O5. The summed E-state index contributed by atoms with van der Waals surface area (Å²) >= 11 is 0. The van der Waals surface area contributed by atoms with E-state index < -0.39 is 23.0 Å². The van der Waals surface area contributed by atoms with E-state index in [1.807, 2.05) is 0 Å². The van der Waals surface area contributed by atoms with Crippen molar-refractivity contribution in [3.63, 3.8) is 0 Å². The average molecular weight is 457 g/mol. The Morgan fingerprint density at radius 2 is 1.85 bits per heavy atom. The standard InChI is InChI=1S/C25H16FN3O5/c26-17-6-4-5-15(11-17)22-27-18(13-33-22)14-34-24(31)16-9-10-20-21(12-16)28-25(32)29(23(20)30)19-7-2-1-3-8-19/h1-13H,14H2,(H,28,32). The van der Waals surface area contributed by atoms with Gasteiger partial charge in [0.2, 0.25) is 5.89 Å². The van der Waals surface area contributed by atoms with Crippen molar-refractivity contribution in [2.75, 3.05) is 0 Å². The van der Waals surface area contributed by atoms with Crippen molar-refractivity contribution in [3.05, 3.63) is 117 Å². The topological polar surface area (TPSA) is 107 Å². The van der Waals surface area contributed by atoms with Crippen LogP contribution < -0.4 is 11.2 Å². The van der Waals surface area contributed by atoms with Gasteiger partial charge in [0, 0.05) is 5.56 Å². The second kappa shape index (κ2) is 8.62. The molecule has 5 rings (SSSR count). The Bertz CT molecular complexity index is 1640. The van der Waals surface area contributed by atoms with Crippen LogP contribution in [-0.4, -0.2) is 20.5 Å². The van der Waals surface area contributed by atoms with Gasteiger partial charge in [-0.15, -0.1) is 0 Å². The molecule has 3 aromatic carbocycles. The zero-order valence-corrected chi connectivity index (χ0v) is 17.5. The van der Waals surface area contributed by atoms with Gasteiger partial charge in [0.25, 0.3) is 5.56 Å².